The van der Waals surface area contributed by atoms with Crippen molar-refractivity contribution in [2.75, 3.05) is 25.1 Å². The number of carboxylic acid groups (broad SMARTS) is 6. The average molecular weight is 953 g/mol. The van der Waals surface area contributed by atoms with Crippen LogP contribution in [-0.2, 0) is 46.5 Å². The summed E-state index contributed by atoms with van der Waals surface area (Å²) in [5.41, 5.74) is 0.249. The van der Waals surface area contributed by atoms with Crippen molar-refractivity contribution in [3.8, 4) is 0 Å². The summed E-state index contributed by atoms with van der Waals surface area (Å²) in [6.45, 7) is -1.00. The third-order valence-corrected chi connectivity index (χ3v) is 9.32. The van der Waals surface area contributed by atoms with Crippen LogP contribution in [0.1, 0.15) is 97.0 Å². The van der Waals surface area contributed by atoms with Crippen LogP contribution in [0.5, 0.6) is 0 Å². The van der Waals surface area contributed by atoms with E-state index in [-0.39, 0.29) is 87.8 Å². The zero-order valence-electron chi connectivity index (χ0n) is 35.8. The first-order valence-corrected chi connectivity index (χ1v) is 20.6. The summed E-state index contributed by atoms with van der Waals surface area (Å²) >= 11 is 0. The quantitative estimate of drug-likeness (QED) is 0.0421. The molecule has 7 amide bonds. The van der Waals surface area contributed by atoms with E-state index in [1.807, 2.05) is 10.6 Å². The largest absolute Gasteiger partial charge is 0.481 e. The molecule has 0 bridgehead atoms. The third-order valence-electron chi connectivity index (χ3n) is 9.32. The first kappa shape index (κ1) is 55.2. The number of rotatable bonds is 32. The molecule has 28 heteroatoms. The number of aryl methyl sites for hydroxylation is 1. The SMILES string of the molecule is O=C(O)CCC(NC(=O)NC(CCCCNC(=O)c1cc(NC(=O)Cn2cc(CCCF)nn2)cc(C(=O)NCCCC[C@H](NC(=O)N[C@@H](CCC(=O)O)C(=O)O)C(=O)O)c1)C(=O)O)C(=O)O. The predicted octanol–water partition coefficient (Wildman–Crippen LogP) is -0.240. The molecule has 13 N–H and O–H groups in total. The first-order chi connectivity index (χ1) is 31.7. The smallest absolute Gasteiger partial charge is 0.326 e. The maximum atomic E-state index is 13.3. The Morgan fingerprint density at radius 3 is 1.37 bits per heavy atom. The fraction of sp³-hybridized carbons (Fsp3) is 0.513. The molecule has 1 aromatic carbocycles. The standard InChI is InChI=1S/C39H53FN10O17/c40-13-5-6-23-19-50(49-48-23)20-29(51)43-24-17-21(32(56)41-14-3-1-7-25(34(58)59)44-38(66)46-27(36(62)63)9-11-30(52)53)16-22(18-24)33(57)42-15-4-2-8-26(35(60)61)45-39(67)47-28(37(64)65)10-12-31(54)55/h16-19,25-28H,1-15,20H2,(H,41,56)(H,42,57)(H,43,51)(H,52,53)(H,54,55)(H,58,59)(H,60,61)(H,62,63)(H,64,65)(H2,44,46,66)(H2,45,47,67)/t25-,26?,27-,28?/m0/s1. The van der Waals surface area contributed by atoms with Crippen molar-refractivity contribution in [1.29, 1.82) is 0 Å². The summed E-state index contributed by atoms with van der Waals surface area (Å²) in [6.07, 6.45) is 0.154. The van der Waals surface area contributed by atoms with E-state index >= 15 is 0 Å². The molecule has 0 aliphatic rings. The Hall–Kier alpha value is -7.94. The number of halogens is 1. The van der Waals surface area contributed by atoms with Gasteiger partial charge in [0.05, 0.1) is 12.4 Å². The number of alkyl halides is 1. The number of hydrogen-bond donors (Lipinski definition) is 13. The summed E-state index contributed by atoms with van der Waals surface area (Å²) in [6, 6.07) is -4.73. The molecule has 0 fully saturated rings. The zero-order chi connectivity index (χ0) is 50.1. The van der Waals surface area contributed by atoms with Gasteiger partial charge in [0.1, 0.15) is 30.7 Å². The Morgan fingerprint density at radius 2 is 0.985 bits per heavy atom. The second-order valence-electron chi connectivity index (χ2n) is 14.7. The minimum atomic E-state index is -1.60. The highest BCUT2D eigenvalue weighted by Gasteiger charge is 2.26. The fourth-order valence-electron chi connectivity index (χ4n) is 5.92. The summed E-state index contributed by atoms with van der Waals surface area (Å²) in [5, 5.41) is 79.0. The van der Waals surface area contributed by atoms with Gasteiger partial charge < -0.3 is 67.9 Å². The van der Waals surface area contributed by atoms with Gasteiger partial charge in [0, 0.05) is 48.9 Å². The van der Waals surface area contributed by atoms with E-state index in [1.165, 1.54) is 29.1 Å². The molecule has 4 atom stereocenters. The van der Waals surface area contributed by atoms with Gasteiger partial charge in [-0.05, 0) is 82.4 Å². The van der Waals surface area contributed by atoms with Crippen molar-refractivity contribution < 1.29 is 87.8 Å². The number of carbonyl (C=O) groups excluding carboxylic acids is 5. The molecule has 0 saturated carbocycles. The van der Waals surface area contributed by atoms with Crippen molar-refractivity contribution in [2.45, 2.75) is 108 Å². The van der Waals surface area contributed by atoms with Gasteiger partial charge in [-0.15, -0.1) is 5.10 Å². The molecule has 2 unspecified atom stereocenters. The molecule has 0 aliphatic carbocycles. The van der Waals surface area contributed by atoms with Crippen LogP contribution in [0, 0.1) is 0 Å². The molecule has 0 spiro atoms. The highest BCUT2D eigenvalue weighted by molar-refractivity contribution is 6.02. The van der Waals surface area contributed by atoms with Crippen LogP contribution in [0.2, 0.25) is 0 Å². The number of carbonyl (C=O) groups is 11. The Labute approximate surface area is 379 Å². The highest BCUT2D eigenvalue weighted by Crippen LogP contribution is 2.17. The lowest BCUT2D eigenvalue weighted by molar-refractivity contribution is -0.142. The lowest BCUT2D eigenvalue weighted by Gasteiger charge is -2.18. The number of nitrogens with one attached hydrogen (secondary N) is 7. The maximum Gasteiger partial charge on any atom is 0.326 e. The number of urea groups is 2. The molecule has 0 radical (unpaired) electrons. The minimum Gasteiger partial charge on any atom is -0.481 e. The van der Waals surface area contributed by atoms with Crippen molar-refractivity contribution in [1.82, 2.24) is 46.9 Å². The van der Waals surface area contributed by atoms with Crippen LogP contribution in [0.3, 0.4) is 0 Å². The van der Waals surface area contributed by atoms with E-state index in [1.54, 1.807) is 0 Å². The second kappa shape index (κ2) is 28.8. The number of carboxylic acids is 6. The number of hydrogen-bond acceptors (Lipinski definition) is 13. The van der Waals surface area contributed by atoms with Gasteiger partial charge in [0.15, 0.2) is 0 Å². The van der Waals surface area contributed by atoms with E-state index in [4.69, 9.17) is 10.2 Å². The number of amides is 7. The molecular formula is C39H53FN10O17. The molecule has 2 rings (SSSR count). The van der Waals surface area contributed by atoms with E-state index in [0.717, 1.165) is 0 Å². The Bertz CT molecular complexity index is 1990. The first-order valence-electron chi connectivity index (χ1n) is 20.6. The van der Waals surface area contributed by atoms with Gasteiger partial charge >= 0.3 is 47.9 Å². The van der Waals surface area contributed by atoms with Gasteiger partial charge in [-0.25, -0.2) is 33.4 Å². The number of benzene rings is 1. The summed E-state index contributed by atoms with van der Waals surface area (Å²) < 4.78 is 13.8. The van der Waals surface area contributed by atoms with Crippen LogP contribution in [0.4, 0.5) is 19.7 Å². The normalized spacial score (nSPS) is 12.5. The fourth-order valence-corrected chi connectivity index (χ4v) is 5.92. The number of unbranched alkanes of at least 4 members (excludes halogenated alkanes) is 2. The molecule has 0 aliphatic heterocycles. The van der Waals surface area contributed by atoms with Gasteiger partial charge in [-0.2, -0.15) is 0 Å². The minimum absolute atomic E-state index is 0.00376. The van der Waals surface area contributed by atoms with Crippen LogP contribution in [0.25, 0.3) is 0 Å². The van der Waals surface area contributed by atoms with Crippen molar-refractivity contribution in [3.63, 3.8) is 0 Å². The molecule has 0 saturated heterocycles. The van der Waals surface area contributed by atoms with E-state index < -0.39 is 122 Å². The third kappa shape index (κ3) is 22.0. The summed E-state index contributed by atoms with van der Waals surface area (Å²) in [5.74, 6) is -10.6. The average Bonchev–Trinajstić information content (AvgIpc) is 3.70. The monoisotopic (exact) mass is 952 g/mol. The van der Waals surface area contributed by atoms with Crippen LogP contribution in [-0.4, -0.2) is 155 Å². The molecule has 27 nitrogen and oxygen atoms in total. The molecule has 1 aromatic heterocycles. The number of anilines is 1. The van der Waals surface area contributed by atoms with Crippen molar-refractivity contribution in [2.24, 2.45) is 0 Å². The summed E-state index contributed by atoms with van der Waals surface area (Å²) in [4.78, 5) is 132. The molecule has 2 aromatic rings. The Balaban J connectivity index is 2.08. The van der Waals surface area contributed by atoms with E-state index in [2.05, 4.69) is 36.9 Å². The molecule has 1 heterocycles. The van der Waals surface area contributed by atoms with Crippen molar-refractivity contribution >= 4 is 71.3 Å². The Morgan fingerprint density at radius 1 is 0.567 bits per heavy atom. The lowest BCUT2D eigenvalue weighted by Crippen LogP contribution is -2.51. The lowest BCUT2D eigenvalue weighted by atomic mass is 10.1. The molecular weight excluding hydrogens is 899 g/mol. The highest BCUT2D eigenvalue weighted by atomic mass is 19.1. The zero-order valence-corrected chi connectivity index (χ0v) is 35.8. The van der Waals surface area contributed by atoms with Crippen LogP contribution in [0.15, 0.2) is 24.4 Å². The molecule has 368 valence electrons. The van der Waals surface area contributed by atoms with Crippen molar-refractivity contribution in [3.05, 3.63) is 41.2 Å². The van der Waals surface area contributed by atoms with Gasteiger partial charge in [0.2, 0.25) is 5.91 Å². The summed E-state index contributed by atoms with van der Waals surface area (Å²) in [7, 11) is 0. The van der Waals surface area contributed by atoms with Crippen LogP contribution < -0.4 is 37.2 Å². The maximum absolute atomic E-state index is 13.3. The number of aromatic nitrogens is 3. The van der Waals surface area contributed by atoms with Gasteiger partial charge in [0.25, 0.3) is 11.8 Å². The van der Waals surface area contributed by atoms with Crippen LogP contribution >= 0.6 is 0 Å². The predicted molar refractivity (Wildman–Crippen MR) is 225 cm³/mol. The topological polar surface area (TPSA) is 424 Å². The Kier molecular flexibility index (Phi) is 23.7. The van der Waals surface area contributed by atoms with E-state index in [0.29, 0.717) is 5.69 Å². The molecule has 67 heavy (non-hydrogen) atoms. The number of aliphatic carboxylic acids is 6. The van der Waals surface area contributed by atoms with Gasteiger partial charge in [-0.1, -0.05) is 5.21 Å². The van der Waals surface area contributed by atoms with E-state index in [9.17, 15) is 77.6 Å². The number of nitrogens with zero attached hydrogens (tertiary/aromatic N) is 3. The second-order valence-corrected chi connectivity index (χ2v) is 14.7. The van der Waals surface area contributed by atoms with Gasteiger partial charge in [-0.3, -0.25) is 28.4 Å².